The summed E-state index contributed by atoms with van der Waals surface area (Å²) >= 11 is 0. The van der Waals surface area contributed by atoms with Gasteiger partial charge in [-0.05, 0) is 48.4 Å². The molecule has 0 saturated carbocycles. The molecule has 0 radical (unpaired) electrons. The molecule has 0 atom stereocenters. The SMILES string of the molecule is CC(=O)On1c(=O)c(-c2cn(CCCCN)c3ccccc23)nc2cc3ccccc3cc21. The molecule has 166 valence electrons. The maximum Gasteiger partial charge on any atom is 0.330 e. The molecule has 0 bridgehead atoms. The van der Waals surface area contributed by atoms with Crippen LogP contribution in [0, 0.1) is 0 Å². The number of fused-ring (bicyclic) bond motifs is 3. The molecule has 33 heavy (non-hydrogen) atoms. The maximum absolute atomic E-state index is 13.6. The quantitative estimate of drug-likeness (QED) is 0.320. The van der Waals surface area contributed by atoms with Gasteiger partial charge < -0.3 is 15.1 Å². The molecule has 0 saturated heterocycles. The summed E-state index contributed by atoms with van der Waals surface area (Å²) in [6.07, 6.45) is 3.81. The van der Waals surface area contributed by atoms with Crippen molar-refractivity contribution in [3.63, 3.8) is 0 Å². The Labute approximate surface area is 190 Å². The van der Waals surface area contributed by atoms with Crippen LogP contribution in [0.15, 0.2) is 71.7 Å². The fraction of sp³-hybridized carbons (Fsp3) is 0.192. The van der Waals surface area contributed by atoms with Crippen LogP contribution in [0.1, 0.15) is 19.8 Å². The van der Waals surface area contributed by atoms with E-state index in [9.17, 15) is 9.59 Å². The first-order valence-corrected chi connectivity index (χ1v) is 11.0. The number of para-hydroxylation sites is 1. The van der Waals surface area contributed by atoms with Gasteiger partial charge in [0.1, 0.15) is 11.2 Å². The lowest BCUT2D eigenvalue weighted by atomic mass is 10.1. The van der Waals surface area contributed by atoms with E-state index < -0.39 is 11.5 Å². The summed E-state index contributed by atoms with van der Waals surface area (Å²) in [6, 6.07) is 19.5. The topological polar surface area (TPSA) is 92.1 Å². The molecule has 0 aliphatic rings. The Morgan fingerprint density at radius 2 is 1.73 bits per heavy atom. The van der Waals surface area contributed by atoms with Crippen LogP contribution in [0.25, 0.3) is 44.0 Å². The third kappa shape index (κ3) is 3.76. The second-order valence-corrected chi connectivity index (χ2v) is 8.08. The Hall–Kier alpha value is -3.97. The minimum atomic E-state index is -0.576. The van der Waals surface area contributed by atoms with Crippen molar-refractivity contribution in [2.45, 2.75) is 26.3 Å². The van der Waals surface area contributed by atoms with E-state index in [1.54, 1.807) is 0 Å². The van der Waals surface area contributed by atoms with Crippen molar-refractivity contribution in [3.8, 4) is 11.3 Å². The average Bonchev–Trinajstić information content (AvgIpc) is 3.18. The number of hydrogen-bond acceptors (Lipinski definition) is 5. The zero-order chi connectivity index (χ0) is 22.9. The number of benzene rings is 3. The molecular weight excluding hydrogens is 416 g/mol. The van der Waals surface area contributed by atoms with Crippen LogP contribution in [0.5, 0.6) is 0 Å². The Morgan fingerprint density at radius 1 is 1.00 bits per heavy atom. The highest BCUT2D eigenvalue weighted by atomic mass is 16.7. The summed E-state index contributed by atoms with van der Waals surface area (Å²) in [5.74, 6) is -0.576. The summed E-state index contributed by atoms with van der Waals surface area (Å²) < 4.78 is 3.19. The number of carbonyl (C=O) groups is 1. The molecule has 2 aromatic heterocycles. The van der Waals surface area contributed by atoms with E-state index in [-0.39, 0.29) is 5.69 Å². The lowest BCUT2D eigenvalue weighted by Gasteiger charge is -2.11. The van der Waals surface area contributed by atoms with Crippen molar-refractivity contribution in [3.05, 3.63) is 77.2 Å². The number of hydrogen-bond donors (Lipinski definition) is 1. The Kier molecular flexibility index (Phi) is 5.40. The Bertz CT molecular complexity index is 1570. The van der Waals surface area contributed by atoms with Crippen LogP contribution in [0.3, 0.4) is 0 Å². The molecule has 0 unspecified atom stereocenters. The fourth-order valence-corrected chi connectivity index (χ4v) is 4.28. The molecule has 2 N–H and O–H groups in total. The van der Waals surface area contributed by atoms with E-state index in [0.717, 1.165) is 45.8 Å². The summed E-state index contributed by atoms with van der Waals surface area (Å²) in [7, 11) is 0. The van der Waals surface area contributed by atoms with E-state index in [4.69, 9.17) is 15.6 Å². The highest BCUT2D eigenvalue weighted by Crippen LogP contribution is 2.30. The number of nitrogens with zero attached hydrogens (tertiary/aromatic N) is 3. The number of unbranched alkanes of at least 4 members (excludes halogenated alkanes) is 1. The number of carbonyl (C=O) groups excluding carboxylic acids is 1. The third-order valence-corrected chi connectivity index (χ3v) is 5.80. The summed E-state index contributed by atoms with van der Waals surface area (Å²) in [5, 5.41) is 2.83. The van der Waals surface area contributed by atoms with E-state index in [2.05, 4.69) is 4.57 Å². The molecule has 0 aliphatic carbocycles. The van der Waals surface area contributed by atoms with Crippen molar-refractivity contribution in [1.82, 2.24) is 14.3 Å². The van der Waals surface area contributed by atoms with Gasteiger partial charge in [0.2, 0.25) is 0 Å². The van der Waals surface area contributed by atoms with Crippen molar-refractivity contribution < 1.29 is 9.63 Å². The van der Waals surface area contributed by atoms with Gasteiger partial charge >= 0.3 is 11.5 Å². The van der Waals surface area contributed by atoms with Gasteiger partial charge in [0.25, 0.3) is 0 Å². The van der Waals surface area contributed by atoms with E-state index >= 15 is 0 Å². The van der Waals surface area contributed by atoms with Gasteiger partial charge in [0, 0.05) is 36.1 Å². The molecule has 0 aliphatic heterocycles. The molecule has 7 heteroatoms. The second kappa shape index (κ2) is 8.52. The average molecular weight is 441 g/mol. The van der Waals surface area contributed by atoms with Gasteiger partial charge in [-0.3, -0.25) is 4.79 Å². The van der Waals surface area contributed by atoms with Gasteiger partial charge in [-0.15, -0.1) is 4.73 Å². The van der Waals surface area contributed by atoms with Crippen molar-refractivity contribution in [1.29, 1.82) is 0 Å². The maximum atomic E-state index is 13.6. The normalized spacial score (nSPS) is 11.5. The Balaban J connectivity index is 1.79. The van der Waals surface area contributed by atoms with Crippen LogP contribution >= 0.6 is 0 Å². The second-order valence-electron chi connectivity index (χ2n) is 8.08. The summed E-state index contributed by atoms with van der Waals surface area (Å²) in [6.45, 7) is 2.70. The molecule has 5 aromatic rings. The molecule has 3 aromatic carbocycles. The zero-order valence-electron chi connectivity index (χ0n) is 18.3. The lowest BCUT2D eigenvalue weighted by molar-refractivity contribution is -0.141. The predicted molar refractivity (Wildman–Crippen MR) is 130 cm³/mol. The van der Waals surface area contributed by atoms with E-state index in [1.807, 2.05) is 66.9 Å². The smallest absolute Gasteiger partial charge is 0.330 e. The molecule has 2 heterocycles. The number of rotatable bonds is 6. The van der Waals surface area contributed by atoms with Crippen molar-refractivity contribution >= 4 is 38.7 Å². The first-order valence-electron chi connectivity index (χ1n) is 11.0. The van der Waals surface area contributed by atoms with Gasteiger partial charge in [0.15, 0.2) is 0 Å². The number of aromatic nitrogens is 3. The van der Waals surface area contributed by atoms with Crippen LogP contribution in [0.2, 0.25) is 0 Å². The first-order chi connectivity index (χ1) is 16.1. The molecular formula is C26H24N4O3. The summed E-state index contributed by atoms with van der Waals surface area (Å²) in [4.78, 5) is 35.6. The molecule has 5 rings (SSSR count). The zero-order valence-corrected chi connectivity index (χ0v) is 18.3. The molecule has 0 amide bonds. The lowest BCUT2D eigenvalue weighted by Crippen LogP contribution is -2.31. The van der Waals surface area contributed by atoms with Gasteiger partial charge in [-0.1, -0.05) is 42.5 Å². The predicted octanol–water partition coefficient (Wildman–Crippen LogP) is 3.89. The van der Waals surface area contributed by atoms with E-state index in [0.29, 0.717) is 23.1 Å². The molecule has 7 nitrogen and oxygen atoms in total. The largest absolute Gasteiger partial charge is 0.347 e. The van der Waals surface area contributed by atoms with Gasteiger partial charge in [-0.25, -0.2) is 9.78 Å². The van der Waals surface area contributed by atoms with Crippen LogP contribution in [-0.2, 0) is 11.3 Å². The number of aryl methyl sites for hydroxylation is 1. The third-order valence-electron chi connectivity index (χ3n) is 5.80. The monoisotopic (exact) mass is 440 g/mol. The van der Waals surface area contributed by atoms with Crippen LogP contribution < -0.4 is 16.1 Å². The van der Waals surface area contributed by atoms with Gasteiger partial charge in [-0.2, -0.15) is 0 Å². The van der Waals surface area contributed by atoms with E-state index in [1.165, 1.54) is 6.92 Å². The highest BCUT2D eigenvalue weighted by Gasteiger charge is 2.20. The highest BCUT2D eigenvalue weighted by molar-refractivity contribution is 5.98. The minimum absolute atomic E-state index is 0.243. The Morgan fingerprint density at radius 3 is 2.48 bits per heavy atom. The first kappa shape index (κ1) is 20.9. The summed E-state index contributed by atoms with van der Waals surface area (Å²) in [5.41, 5.74) is 8.18. The van der Waals surface area contributed by atoms with Crippen molar-refractivity contribution in [2.75, 3.05) is 6.54 Å². The minimum Gasteiger partial charge on any atom is -0.347 e. The van der Waals surface area contributed by atoms with Crippen LogP contribution in [0.4, 0.5) is 0 Å². The standard InChI is InChI=1S/C26H24N4O3/c1-17(31)33-30-24-15-19-9-3-2-8-18(19)14-22(24)28-25(26(30)32)21-16-29(13-7-6-12-27)23-11-5-4-10-20(21)23/h2-5,8-11,14-16H,6-7,12-13,27H2,1H3. The number of nitrogens with two attached hydrogens (primary N) is 1. The molecule has 0 fully saturated rings. The van der Waals surface area contributed by atoms with Crippen molar-refractivity contribution in [2.24, 2.45) is 5.73 Å². The fourth-order valence-electron chi connectivity index (χ4n) is 4.28. The van der Waals surface area contributed by atoms with Crippen LogP contribution in [-0.4, -0.2) is 26.8 Å². The van der Waals surface area contributed by atoms with Gasteiger partial charge in [0.05, 0.1) is 5.52 Å². The molecule has 0 spiro atoms.